The van der Waals surface area contributed by atoms with E-state index in [1.54, 1.807) is 18.3 Å². The normalized spacial score (nSPS) is 11.1. The van der Waals surface area contributed by atoms with Gasteiger partial charge in [-0.3, -0.25) is 9.89 Å². The SMILES string of the molecule is CCN(CC)c1ccc(C=NNC(=O)c2cc(-c3ccc(Cl)s3)[nH]n2)cc1. The molecule has 0 unspecified atom stereocenters. The second-order valence-corrected chi connectivity index (χ2v) is 7.45. The van der Waals surface area contributed by atoms with E-state index in [0.29, 0.717) is 4.34 Å². The summed E-state index contributed by atoms with van der Waals surface area (Å²) < 4.78 is 0.683. The van der Waals surface area contributed by atoms with E-state index in [0.717, 1.165) is 29.2 Å². The molecule has 0 aliphatic heterocycles. The minimum absolute atomic E-state index is 0.267. The van der Waals surface area contributed by atoms with Gasteiger partial charge in [-0.05, 0) is 49.7 Å². The molecule has 2 N–H and O–H groups in total. The van der Waals surface area contributed by atoms with E-state index in [9.17, 15) is 4.79 Å². The van der Waals surface area contributed by atoms with Crippen molar-refractivity contribution in [3.8, 4) is 10.6 Å². The number of hydrazone groups is 1. The van der Waals surface area contributed by atoms with E-state index in [-0.39, 0.29) is 11.6 Å². The Morgan fingerprint density at radius 3 is 2.63 bits per heavy atom. The number of aromatic nitrogens is 2. The van der Waals surface area contributed by atoms with Crippen LogP contribution in [0, 0.1) is 0 Å². The largest absolute Gasteiger partial charge is 0.372 e. The number of thiophene rings is 1. The maximum absolute atomic E-state index is 12.2. The maximum Gasteiger partial charge on any atom is 0.291 e. The molecule has 27 heavy (non-hydrogen) atoms. The van der Waals surface area contributed by atoms with E-state index >= 15 is 0 Å². The number of hydrogen-bond acceptors (Lipinski definition) is 5. The van der Waals surface area contributed by atoms with Gasteiger partial charge in [-0.25, -0.2) is 5.43 Å². The fourth-order valence-electron chi connectivity index (χ4n) is 2.61. The second-order valence-electron chi connectivity index (χ2n) is 5.73. The van der Waals surface area contributed by atoms with Crippen molar-refractivity contribution in [1.82, 2.24) is 15.6 Å². The molecule has 2 aromatic heterocycles. The summed E-state index contributed by atoms with van der Waals surface area (Å²) in [6.45, 7) is 6.18. The van der Waals surface area contributed by atoms with Crippen LogP contribution in [0.25, 0.3) is 10.6 Å². The molecule has 0 radical (unpaired) electrons. The first-order valence-corrected chi connectivity index (χ1v) is 9.79. The van der Waals surface area contributed by atoms with Crippen LogP contribution >= 0.6 is 22.9 Å². The molecule has 0 saturated carbocycles. The third kappa shape index (κ3) is 4.75. The molecular weight excluding hydrogens is 382 g/mol. The summed E-state index contributed by atoms with van der Waals surface area (Å²) in [5, 5.41) is 10.9. The van der Waals surface area contributed by atoms with Crippen LogP contribution in [0.15, 0.2) is 47.6 Å². The van der Waals surface area contributed by atoms with Crippen molar-refractivity contribution in [2.24, 2.45) is 5.10 Å². The number of hydrogen-bond donors (Lipinski definition) is 2. The van der Waals surface area contributed by atoms with Gasteiger partial charge in [-0.2, -0.15) is 10.2 Å². The van der Waals surface area contributed by atoms with Crippen LogP contribution in [0.4, 0.5) is 5.69 Å². The number of aromatic amines is 1. The summed E-state index contributed by atoms with van der Waals surface area (Å²) in [5.74, 6) is -0.379. The highest BCUT2D eigenvalue weighted by molar-refractivity contribution is 7.19. The number of carbonyl (C=O) groups is 1. The molecule has 1 aromatic carbocycles. The highest BCUT2D eigenvalue weighted by Gasteiger charge is 2.12. The Kier molecular flexibility index (Phi) is 6.26. The number of nitrogens with zero attached hydrogens (tertiary/aromatic N) is 3. The number of halogens is 1. The Hall–Kier alpha value is -2.64. The molecule has 6 nitrogen and oxygen atoms in total. The molecule has 2 heterocycles. The number of nitrogens with one attached hydrogen (secondary N) is 2. The first-order chi connectivity index (χ1) is 13.1. The molecule has 0 fully saturated rings. The molecular formula is C19H20ClN5OS. The first-order valence-electron chi connectivity index (χ1n) is 8.60. The zero-order valence-electron chi connectivity index (χ0n) is 15.1. The van der Waals surface area contributed by atoms with Crippen molar-refractivity contribution in [3.63, 3.8) is 0 Å². The number of rotatable bonds is 7. The molecule has 0 saturated heterocycles. The van der Waals surface area contributed by atoms with Crippen molar-refractivity contribution in [2.75, 3.05) is 18.0 Å². The summed E-state index contributed by atoms with van der Waals surface area (Å²) in [4.78, 5) is 15.4. The third-order valence-electron chi connectivity index (χ3n) is 4.05. The number of carbonyl (C=O) groups excluding carboxylic acids is 1. The van der Waals surface area contributed by atoms with Crippen LogP contribution in [-0.4, -0.2) is 35.4 Å². The van der Waals surface area contributed by atoms with Crippen molar-refractivity contribution >= 4 is 40.7 Å². The zero-order valence-corrected chi connectivity index (χ0v) is 16.6. The topological polar surface area (TPSA) is 73.4 Å². The molecule has 140 valence electrons. The summed E-state index contributed by atoms with van der Waals surface area (Å²) in [7, 11) is 0. The van der Waals surface area contributed by atoms with Crippen molar-refractivity contribution in [1.29, 1.82) is 0 Å². The Labute approximate surface area is 166 Å². The van der Waals surface area contributed by atoms with Crippen molar-refractivity contribution in [2.45, 2.75) is 13.8 Å². The highest BCUT2D eigenvalue weighted by atomic mass is 35.5. The lowest BCUT2D eigenvalue weighted by molar-refractivity contribution is 0.0950. The van der Waals surface area contributed by atoms with Gasteiger partial charge in [0.1, 0.15) is 0 Å². The molecule has 0 atom stereocenters. The molecule has 0 spiro atoms. The smallest absolute Gasteiger partial charge is 0.291 e. The van der Waals surface area contributed by atoms with Crippen LogP contribution < -0.4 is 10.3 Å². The monoisotopic (exact) mass is 401 g/mol. The average molecular weight is 402 g/mol. The molecule has 8 heteroatoms. The average Bonchev–Trinajstić information content (AvgIpc) is 3.33. The van der Waals surface area contributed by atoms with E-state index in [2.05, 4.69) is 39.5 Å². The number of H-pyrrole nitrogens is 1. The van der Waals surface area contributed by atoms with E-state index in [1.165, 1.54) is 17.0 Å². The lowest BCUT2D eigenvalue weighted by Gasteiger charge is -2.20. The molecule has 3 rings (SSSR count). The lowest BCUT2D eigenvalue weighted by Crippen LogP contribution is -2.21. The van der Waals surface area contributed by atoms with E-state index < -0.39 is 0 Å². The van der Waals surface area contributed by atoms with Crippen LogP contribution in [0.3, 0.4) is 0 Å². The molecule has 3 aromatic rings. The Bertz CT molecular complexity index is 928. The number of benzene rings is 1. The predicted molar refractivity (Wildman–Crippen MR) is 112 cm³/mol. The molecule has 0 aliphatic carbocycles. The third-order valence-corrected chi connectivity index (χ3v) is 5.31. The van der Waals surface area contributed by atoms with Gasteiger partial charge in [-0.1, -0.05) is 23.7 Å². The quantitative estimate of drug-likeness (QED) is 0.455. The molecule has 1 amide bonds. The summed E-state index contributed by atoms with van der Waals surface area (Å²) in [6.07, 6.45) is 1.61. The van der Waals surface area contributed by atoms with E-state index in [4.69, 9.17) is 11.6 Å². The Morgan fingerprint density at radius 2 is 2.00 bits per heavy atom. The summed E-state index contributed by atoms with van der Waals surface area (Å²) in [6, 6.07) is 13.4. The van der Waals surface area contributed by atoms with Gasteiger partial charge in [-0.15, -0.1) is 11.3 Å². The molecule has 0 aliphatic rings. The van der Waals surface area contributed by atoms with Crippen LogP contribution in [-0.2, 0) is 0 Å². The van der Waals surface area contributed by atoms with Gasteiger partial charge in [0.05, 0.1) is 21.1 Å². The number of anilines is 1. The first kappa shape index (κ1) is 19.1. The van der Waals surface area contributed by atoms with Gasteiger partial charge >= 0.3 is 0 Å². The van der Waals surface area contributed by atoms with Gasteiger partial charge in [0.25, 0.3) is 5.91 Å². The van der Waals surface area contributed by atoms with E-state index in [1.807, 2.05) is 30.3 Å². The Balaban J connectivity index is 1.59. The summed E-state index contributed by atoms with van der Waals surface area (Å²) >= 11 is 7.35. The van der Waals surface area contributed by atoms with Gasteiger partial charge < -0.3 is 4.90 Å². The summed E-state index contributed by atoms with van der Waals surface area (Å²) in [5.41, 5.74) is 5.57. The van der Waals surface area contributed by atoms with Crippen molar-refractivity contribution in [3.05, 3.63) is 58.1 Å². The minimum Gasteiger partial charge on any atom is -0.372 e. The fraction of sp³-hybridized carbons (Fsp3) is 0.211. The zero-order chi connectivity index (χ0) is 19.2. The van der Waals surface area contributed by atoms with Crippen molar-refractivity contribution < 1.29 is 4.79 Å². The van der Waals surface area contributed by atoms with Gasteiger partial charge in [0.15, 0.2) is 5.69 Å². The highest BCUT2D eigenvalue weighted by Crippen LogP contribution is 2.29. The van der Waals surface area contributed by atoms with Gasteiger partial charge in [0, 0.05) is 18.8 Å². The van der Waals surface area contributed by atoms with Crippen LogP contribution in [0.2, 0.25) is 4.34 Å². The predicted octanol–water partition coefficient (Wildman–Crippen LogP) is 4.40. The molecule has 0 bridgehead atoms. The van der Waals surface area contributed by atoms with Crippen LogP contribution in [0.1, 0.15) is 29.9 Å². The second kappa shape index (κ2) is 8.83. The van der Waals surface area contributed by atoms with Crippen LogP contribution in [0.5, 0.6) is 0 Å². The minimum atomic E-state index is -0.379. The fourth-order valence-corrected chi connectivity index (χ4v) is 3.62. The standard InChI is InChI=1S/C19H20ClN5OS/c1-3-25(4-2)14-7-5-13(6-8-14)12-21-24-19(26)16-11-15(22-23-16)17-9-10-18(20)27-17/h5-12H,3-4H2,1-2H3,(H,22,23)(H,24,26). The number of amides is 1. The Morgan fingerprint density at radius 1 is 1.26 bits per heavy atom. The maximum atomic E-state index is 12.2. The lowest BCUT2D eigenvalue weighted by atomic mass is 10.2. The van der Waals surface area contributed by atoms with Gasteiger partial charge in [0.2, 0.25) is 0 Å².